The van der Waals surface area contributed by atoms with Gasteiger partial charge in [0.1, 0.15) is 0 Å². The molecular weight excluding hydrogens is 412 g/mol. The highest BCUT2D eigenvalue weighted by molar-refractivity contribution is 6.31. The standard InChI is InChI=1S/C25H33ClN2O3/c1-5-22(29)28-16-25(17(28)2)10-12-27(13-11-25)23(30)20-15-31-24(3,4)14-19(20)18-8-6-7-9-21(18)26/h5-9,17,19-20H,1,10-16H2,2-4H3/t17-,19-,20+/m1/s1. The van der Waals surface area contributed by atoms with Crippen LogP contribution in [0.5, 0.6) is 0 Å². The topological polar surface area (TPSA) is 49.9 Å². The summed E-state index contributed by atoms with van der Waals surface area (Å²) in [6.07, 6.45) is 4.01. The van der Waals surface area contributed by atoms with E-state index in [-0.39, 0.29) is 40.7 Å². The summed E-state index contributed by atoms with van der Waals surface area (Å²) in [6, 6.07) is 8.06. The van der Waals surface area contributed by atoms with Crippen LogP contribution in [0.25, 0.3) is 0 Å². The van der Waals surface area contributed by atoms with Crippen molar-refractivity contribution in [2.75, 3.05) is 26.2 Å². The van der Waals surface area contributed by atoms with Gasteiger partial charge in [-0.15, -0.1) is 0 Å². The van der Waals surface area contributed by atoms with E-state index in [4.69, 9.17) is 16.3 Å². The van der Waals surface area contributed by atoms with Gasteiger partial charge in [0.15, 0.2) is 0 Å². The lowest BCUT2D eigenvalue weighted by Gasteiger charge is -2.59. The molecule has 0 bridgehead atoms. The molecule has 1 spiro atoms. The summed E-state index contributed by atoms with van der Waals surface area (Å²) in [7, 11) is 0. The van der Waals surface area contributed by atoms with Crippen LogP contribution >= 0.6 is 11.6 Å². The van der Waals surface area contributed by atoms with Gasteiger partial charge >= 0.3 is 0 Å². The highest BCUT2D eigenvalue weighted by Gasteiger charge is 2.53. The molecule has 3 heterocycles. The molecule has 0 aromatic heterocycles. The Kier molecular flexibility index (Phi) is 5.95. The molecule has 3 atom stereocenters. The molecule has 3 aliphatic heterocycles. The predicted molar refractivity (Wildman–Crippen MR) is 122 cm³/mol. The van der Waals surface area contributed by atoms with Crippen LogP contribution in [0.1, 0.15) is 51.5 Å². The molecule has 6 heteroatoms. The largest absolute Gasteiger partial charge is 0.375 e. The molecule has 0 radical (unpaired) electrons. The third-order valence-electron chi connectivity index (χ3n) is 7.84. The lowest BCUT2D eigenvalue weighted by atomic mass is 9.65. The highest BCUT2D eigenvalue weighted by atomic mass is 35.5. The van der Waals surface area contributed by atoms with E-state index < -0.39 is 0 Å². The highest BCUT2D eigenvalue weighted by Crippen LogP contribution is 2.47. The third-order valence-corrected chi connectivity index (χ3v) is 8.18. The van der Waals surface area contributed by atoms with E-state index in [0.717, 1.165) is 49.5 Å². The zero-order chi connectivity index (χ0) is 22.4. The lowest BCUT2D eigenvalue weighted by Crippen LogP contribution is -2.67. The molecule has 3 aliphatic rings. The van der Waals surface area contributed by atoms with E-state index in [0.29, 0.717) is 6.61 Å². The van der Waals surface area contributed by atoms with Gasteiger partial charge in [-0.3, -0.25) is 9.59 Å². The minimum atomic E-state index is -0.283. The summed E-state index contributed by atoms with van der Waals surface area (Å²) >= 11 is 6.53. The number of ether oxygens (including phenoxy) is 1. The summed E-state index contributed by atoms with van der Waals surface area (Å²) in [5.41, 5.74) is 0.885. The Hall–Kier alpha value is -1.85. The van der Waals surface area contributed by atoms with Gasteiger partial charge in [0.2, 0.25) is 11.8 Å². The quantitative estimate of drug-likeness (QED) is 0.654. The van der Waals surface area contributed by atoms with Crippen LogP contribution in [0.15, 0.2) is 36.9 Å². The van der Waals surface area contributed by atoms with Crippen LogP contribution < -0.4 is 0 Å². The van der Waals surface area contributed by atoms with Gasteiger partial charge in [-0.1, -0.05) is 36.4 Å². The molecule has 0 unspecified atom stereocenters. The molecule has 3 fully saturated rings. The Balaban J connectivity index is 1.46. The van der Waals surface area contributed by atoms with Crippen molar-refractivity contribution in [1.29, 1.82) is 0 Å². The zero-order valence-electron chi connectivity index (χ0n) is 18.8. The van der Waals surface area contributed by atoms with E-state index in [1.807, 2.05) is 34.1 Å². The summed E-state index contributed by atoms with van der Waals surface area (Å²) in [6.45, 7) is 12.5. The van der Waals surface area contributed by atoms with E-state index in [1.54, 1.807) is 0 Å². The van der Waals surface area contributed by atoms with Crippen molar-refractivity contribution in [3.63, 3.8) is 0 Å². The van der Waals surface area contributed by atoms with E-state index in [1.165, 1.54) is 6.08 Å². The Morgan fingerprint density at radius 3 is 2.52 bits per heavy atom. The smallest absolute Gasteiger partial charge is 0.246 e. The summed E-state index contributed by atoms with van der Waals surface area (Å²) < 4.78 is 6.08. The molecule has 168 valence electrons. The minimum absolute atomic E-state index is 0.00109. The molecular formula is C25H33ClN2O3. The number of piperidine rings is 1. The fourth-order valence-electron chi connectivity index (χ4n) is 5.70. The Bertz CT molecular complexity index is 875. The molecule has 0 saturated carbocycles. The van der Waals surface area contributed by atoms with Gasteiger partial charge in [-0.2, -0.15) is 0 Å². The Morgan fingerprint density at radius 2 is 1.90 bits per heavy atom. The molecule has 1 aromatic rings. The van der Waals surface area contributed by atoms with Crippen LogP contribution in [0.4, 0.5) is 0 Å². The molecule has 31 heavy (non-hydrogen) atoms. The number of carbonyl (C=O) groups is 2. The SMILES string of the molecule is C=CC(=O)N1CC2(CCN(C(=O)[C@H]3COC(C)(C)C[C@@H]3c3ccccc3Cl)CC2)[C@H]1C. The van der Waals surface area contributed by atoms with Crippen molar-refractivity contribution >= 4 is 23.4 Å². The van der Waals surface area contributed by atoms with Crippen molar-refractivity contribution in [2.45, 2.75) is 57.6 Å². The van der Waals surface area contributed by atoms with Gasteiger partial charge < -0.3 is 14.5 Å². The van der Waals surface area contributed by atoms with Gasteiger partial charge in [0, 0.05) is 42.0 Å². The summed E-state index contributed by atoms with van der Waals surface area (Å²) in [4.78, 5) is 29.5. The average Bonchev–Trinajstić information content (AvgIpc) is 2.76. The average molecular weight is 445 g/mol. The normalized spacial score (nSPS) is 29.4. The maximum Gasteiger partial charge on any atom is 0.246 e. The van der Waals surface area contributed by atoms with Crippen LogP contribution in [0.3, 0.4) is 0 Å². The summed E-state index contributed by atoms with van der Waals surface area (Å²) in [5.74, 6) is -0.00810. The molecule has 1 aromatic carbocycles. The lowest BCUT2D eigenvalue weighted by molar-refractivity contribution is -0.163. The number of amides is 2. The van der Waals surface area contributed by atoms with Crippen molar-refractivity contribution < 1.29 is 14.3 Å². The second-order valence-electron chi connectivity index (χ2n) is 10.0. The first-order chi connectivity index (χ1) is 14.7. The monoisotopic (exact) mass is 444 g/mol. The molecule has 2 amide bonds. The fourth-order valence-corrected chi connectivity index (χ4v) is 5.98. The maximum atomic E-state index is 13.6. The first kappa shape index (κ1) is 22.3. The Morgan fingerprint density at radius 1 is 1.23 bits per heavy atom. The maximum absolute atomic E-state index is 13.6. The second-order valence-corrected chi connectivity index (χ2v) is 10.5. The number of hydrogen-bond acceptors (Lipinski definition) is 3. The van der Waals surface area contributed by atoms with Gasteiger partial charge in [-0.05, 0) is 57.7 Å². The van der Waals surface area contributed by atoms with Gasteiger partial charge in [0.25, 0.3) is 0 Å². The first-order valence-electron chi connectivity index (χ1n) is 11.3. The number of nitrogens with zero attached hydrogens (tertiary/aromatic N) is 2. The van der Waals surface area contributed by atoms with E-state index >= 15 is 0 Å². The van der Waals surface area contributed by atoms with Crippen LogP contribution in [0, 0.1) is 11.3 Å². The van der Waals surface area contributed by atoms with Crippen molar-refractivity contribution in [3.8, 4) is 0 Å². The molecule has 4 rings (SSSR count). The van der Waals surface area contributed by atoms with Crippen molar-refractivity contribution in [3.05, 3.63) is 47.5 Å². The summed E-state index contributed by atoms with van der Waals surface area (Å²) in [5, 5.41) is 0.718. The molecule has 0 aliphatic carbocycles. The number of halogens is 1. The van der Waals surface area contributed by atoms with Crippen LogP contribution in [-0.4, -0.2) is 59.5 Å². The second kappa shape index (κ2) is 8.25. The van der Waals surface area contributed by atoms with E-state index in [9.17, 15) is 9.59 Å². The number of hydrogen-bond donors (Lipinski definition) is 0. The Labute approximate surface area is 190 Å². The van der Waals surface area contributed by atoms with Crippen LogP contribution in [0.2, 0.25) is 5.02 Å². The van der Waals surface area contributed by atoms with Crippen molar-refractivity contribution in [2.24, 2.45) is 11.3 Å². The first-order valence-corrected chi connectivity index (χ1v) is 11.7. The zero-order valence-corrected chi connectivity index (χ0v) is 19.5. The van der Waals surface area contributed by atoms with Gasteiger partial charge in [-0.25, -0.2) is 0 Å². The number of likely N-dealkylation sites (tertiary alicyclic amines) is 2. The third kappa shape index (κ3) is 4.03. The number of rotatable bonds is 3. The molecule has 5 nitrogen and oxygen atoms in total. The van der Waals surface area contributed by atoms with Gasteiger partial charge in [0.05, 0.1) is 18.1 Å². The van der Waals surface area contributed by atoms with Crippen molar-refractivity contribution in [1.82, 2.24) is 9.80 Å². The van der Waals surface area contributed by atoms with Crippen LogP contribution in [-0.2, 0) is 14.3 Å². The predicted octanol–water partition coefficient (Wildman–Crippen LogP) is 4.26. The molecule has 3 saturated heterocycles. The number of carbonyl (C=O) groups excluding carboxylic acids is 2. The number of benzene rings is 1. The van der Waals surface area contributed by atoms with E-state index in [2.05, 4.69) is 27.4 Å². The molecule has 0 N–H and O–H groups in total. The fraction of sp³-hybridized carbons (Fsp3) is 0.600. The minimum Gasteiger partial charge on any atom is -0.375 e.